The Balaban J connectivity index is 2.64. The molecule has 0 unspecified atom stereocenters. The predicted molar refractivity (Wildman–Crippen MR) is 68.8 cm³/mol. The van der Waals surface area contributed by atoms with E-state index in [9.17, 15) is 0 Å². The fourth-order valence-electron chi connectivity index (χ4n) is 1.97. The van der Waals surface area contributed by atoms with Crippen LogP contribution in [0.2, 0.25) is 0 Å². The number of nitrogens with one attached hydrogen (secondary N) is 1. The van der Waals surface area contributed by atoms with Crippen molar-refractivity contribution in [3.05, 3.63) is 17.0 Å². The standard InChI is InChI=1S/C13H25N3/c1-7-16-11(3)12(10(2)15-16)8-9-14-13(4,5)6/h14H,7-9H2,1-6H3. The van der Waals surface area contributed by atoms with Gasteiger partial charge in [-0.25, -0.2) is 0 Å². The molecule has 0 spiro atoms. The lowest BCUT2D eigenvalue weighted by molar-refractivity contribution is 0.429. The summed E-state index contributed by atoms with van der Waals surface area (Å²) in [4.78, 5) is 0. The molecule has 3 heteroatoms. The SMILES string of the molecule is CCn1nc(C)c(CCNC(C)(C)C)c1C. The number of hydrogen-bond donors (Lipinski definition) is 1. The molecular weight excluding hydrogens is 198 g/mol. The first-order valence-corrected chi connectivity index (χ1v) is 6.13. The third-order valence-electron chi connectivity index (χ3n) is 2.86. The Kier molecular flexibility index (Phi) is 4.14. The molecule has 1 N–H and O–H groups in total. The van der Waals surface area contributed by atoms with Gasteiger partial charge >= 0.3 is 0 Å². The van der Waals surface area contributed by atoms with Gasteiger partial charge in [0.15, 0.2) is 0 Å². The summed E-state index contributed by atoms with van der Waals surface area (Å²) in [5.41, 5.74) is 4.09. The van der Waals surface area contributed by atoms with Crippen LogP contribution in [-0.4, -0.2) is 21.9 Å². The lowest BCUT2D eigenvalue weighted by Gasteiger charge is -2.20. The topological polar surface area (TPSA) is 29.9 Å². The van der Waals surface area contributed by atoms with E-state index in [-0.39, 0.29) is 5.54 Å². The van der Waals surface area contributed by atoms with Crippen LogP contribution in [-0.2, 0) is 13.0 Å². The van der Waals surface area contributed by atoms with E-state index in [1.165, 1.54) is 17.0 Å². The first-order chi connectivity index (χ1) is 7.35. The molecule has 0 saturated carbocycles. The maximum Gasteiger partial charge on any atom is 0.0628 e. The highest BCUT2D eigenvalue weighted by Crippen LogP contribution is 2.13. The van der Waals surface area contributed by atoms with E-state index in [0.717, 1.165) is 19.5 Å². The largest absolute Gasteiger partial charge is 0.312 e. The van der Waals surface area contributed by atoms with Crippen LogP contribution in [0.3, 0.4) is 0 Å². The number of aryl methyl sites for hydroxylation is 2. The third kappa shape index (κ3) is 3.34. The average Bonchev–Trinajstić information content (AvgIpc) is 2.42. The molecule has 0 radical (unpaired) electrons. The van der Waals surface area contributed by atoms with Crippen molar-refractivity contribution >= 4 is 0 Å². The summed E-state index contributed by atoms with van der Waals surface area (Å²) in [7, 11) is 0. The molecule has 1 aromatic rings. The zero-order valence-electron chi connectivity index (χ0n) is 11.5. The molecule has 1 rings (SSSR count). The van der Waals surface area contributed by atoms with Crippen LogP contribution in [0, 0.1) is 13.8 Å². The van der Waals surface area contributed by atoms with E-state index in [2.05, 4.69) is 56.6 Å². The van der Waals surface area contributed by atoms with Crippen molar-refractivity contribution in [2.24, 2.45) is 0 Å². The maximum absolute atomic E-state index is 4.53. The molecule has 0 fully saturated rings. The number of hydrogen-bond acceptors (Lipinski definition) is 2. The smallest absolute Gasteiger partial charge is 0.0628 e. The number of rotatable bonds is 4. The number of aromatic nitrogens is 2. The highest BCUT2D eigenvalue weighted by Gasteiger charge is 2.12. The van der Waals surface area contributed by atoms with Crippen molar-refractivity contribution in [3.63, 3.8) is 0 Å². The van der Waals surface area contributed by atoms with Gasteiger partial charge < -0.3 is 5.32 Å². The third-order valence-corrected chi connectivity index (χ3v) is 2.86. The van der Waals surface area contributed by atoms with Gasteiger partial charge in [0.1, 0.15) is 0 Å². The van der Waals surface area contributed by atoms with Crippen LogP contribution in [0.25, 0.3) is 0 Å². The minimum Gasteiger partial charge on any atom is -0.312 e. The highest BCUT2D eigenvalue weighted by molar-refractivity contribution is 5.24. The van der Waals surface area contributed by atoms with E-state index in [4.69, 9.17) is 0 Å². The Morgan fingerprint density at radius 1 is 1.25 bits per heavy atom. The van der Waals surface area contributed by atoms with E-state index < -0.39 is 0 Å². The molecule has 0 aliphatic rings. The summed E-state index contributed by atoms with van der Waals surface area (Å²) in [6, 6.07) is 0. The van der Waals surface area contributed by atoms with E-state index in [0.29, 0.717) is 0 Å². The first kappa shape index (κ1) is 13.2. The molecule has 92 valence electrons. The minimum atomic E-state index is 0.197. The summed E-state index contributed by atoms with van der Waals surface area (Å²) in [6.45, 7) is 15.0. The highest BCUT2D eigenvalue weighted by atomic mass is 15.3. The van der Waals surface area contributed by atoms with Crippen LogP contribution in [0.4, 0.5) is 0 Å². The van der Waals surface area contributed by atoms with E-state index >= 15 is 0 Å². The number of nitrogens with zero attached hydrogens (tertiary/aromatic N) is 2. The fourth-order valence-corrected chi connectivity index (χ4v) is 1.97. The monoisotopic (exact) mass is 223 g/mol. The van der Waals surface area contributed by atoms with Gasteiger partial charge in [0.25, 0.3) is 0 Å². The quantitative estimate of drug-likeness (QED) is 0.849. The van der Waals surface area contributed by atoms with Crippen LogP contribution >= 0.6 is 0 Å². The first-order valence-electron chi connectivity index (χ1n) is 6.13. The molecule has 0 aliphatic carbocycles. The minimum absolute atomic E-state index is 0.197. The molecule has 1 aromatic heterocycles. The summed E-state index contributed by atoms with van der Waals surface area (Å²) in [5, 5.41) is 8.05. The second-order valence-corrected chi connectivity index (χ2v) is 5.39. The lowest BCUT2D eigenvalue weighted by Crippen LogP contribution is -2.37. The molecule has 3 nitrogen and oxygen atoms in total. The molecule has 0 amide bonds. The van der Waals surface area contributed by atoms with Gasteiger partial charge in [-0.3, -0.25) is 4.68 Å². The Morgan fingerprint density at radius 3 is 2.31 bits per heavy atom. The Bertz CT molecular complexity index is 345. The van der Waals surface area contributed by atoms with Crippen molar-refractivity contribution in [2.75, 3.05) is 6.54 Å². The Morgan fingerprint density at radius 2 is 1.88 bits per heavy atom. The van der Waals surface area contributed by atoms with Crippen molar-refractivity contribution in [1.29, 1.82) is 0 Å². The van der Waals surface area contributed by atoms with E-state index in [1.807, 2.05) is 0 Å². The van der Waals surface area contributed by atoms with Crippen molar-refractivity contribution in [2.45, 2.75) is 60.0 Å². The molecule has 0 aliphatic heterocycles. The van der Waals surface area contributed by atoms with Crippen molar-refractivity contribution < 1.29 is 0 Å². The predicted octanol–water partition coefficient (Wildman–Crippen LogP) is 2.45. The normalized spacial score (nSPS) is 12.1. The second-order valence-electron chi connectivity index (χ2n) is 5.39. The van der Waals surface area contributed by atoms with Crippen molar-refractivity contribution in [1.82, 2.24) is 15.1 Å². The van der Waals surface area contributed by atoms with Gasteiger partial charge in [0.2, 0.25) is 0 Å². The molecule has 0 bridgehead atoms. The summed E-state index contributed by atoms with van der Waals surface area (Å²) < 4.78 is 2.09. The van der Waals surface area contributed by atoms with Crippen LogP contribution in [0.5, 0.6) is 0 Å². The van der Waals surface area contributed by atoms with Crippen LogP contribution in [0.1, 0.15) is 44.6 Å². The zero-order chi connectivity index (χ0) is 12.3. The van der Waals surface area contributed by atoms with E-state index in [1.54, 1.807) is 0 Å². The fraction of sp³-hybridized carbons (Fsp3) is 0.769. The molecule has 0 saturated heterocycles. The average molecular weight is 223 g/mol. The van der Waals surface area contributed by atoms with Gasteiger partial charge in [-0.2, -0.15) is 5.10 Å². The molecule has 1 heterocycles. The Labute approximate surface area is 99.2 Å². The van der Waals surface area contributed by atoms with Gasteiger partial charge in [-0.05, 0) is 60.1 Å². The maximum atomic E-state index is 4.53. The molecule has 0 aromatic carbocycles. The van der Waals surface area contributed by atoms with Crippen molar-refractivity contribution in [3.8, 4) is 0 Å². The lowest BCUT2D eigenvalue weighted by atomic mass is 10.1. The van der Waals surface area contributed by atoms with Crippen LogP contribution in [0.15, 0.2) is 0 Å². The van der Waals surface area contributed by atoms with Gasteiger partial charge in [0.05, 0.1) is 5.69 Å². The summed E-state index contributed by atoms with van der Waals surface area (Å²) in [6.07, 6.45) is 1.06. The molecule has 16 heavy (non-hydrogen) atoms. The van der Waals surface area contributed by atoms with Gasteiger partial charge in [0, 0.05) is 17.8 Å². The second kappa shape index (κ2) is 5.00. The summed E-state index contributed by atoms with van der Waals surface area (Å²) in [5.74, 6) is 0. The van der Waals surface area contributed by atoms with Gasteiger partial charge in [-0.15, -0.1) is 0 Å². The Hall–Kier alpha value is -0.830. The van der Waals surface area contributed by atoms with Crippen LogP contribution < -0.4 is 5.32 Å². The molecular formula is C13H25N3. The zero-order valence-corrected chi connectivity index (χ0v) is 11.5. The summed E-state index contributed by atoms with van der Waals surface area (Å²) >= 11 is 0. The molecule has 0 atom stereocenters. The van der Waals surface area contributed by atoms with Gasteiger partial charge in [-0.1, -0.05) is 0 Å².